The molecule has 0 fully saturated rings. The third-order valence-electron chi connectivity index (χ3n) is 4.44. The van der Waals surface area contributed by atoms with Gasteiger partial charge in [-0.25, -0.2) is 0 Å². The average Bonchev–Trinajstić information content (AvgIpc) is 2.71. The number of nitrogens with zero attached hydrogens (tertiary/aromatic N) is 1. The van der Waals surface area contributed by atoms with E-state index in [2.05, 4.69) is 5.32 Å². The highest BCUT2D eigenvalue weighted by Crippen LogP contribution is 2.29. The summed E-state index contributed by atoms with van der Waals surface area (Å²) in [7, 11) is 3.15. The Morgan fingerprint density at radius 3 is 2.39 bits per heavy atom. The van der Waals surface area contributed by atoms with Crippen LogP contribution in [-0.4, -0.2) is 43.6 Å². The largest absolute Gasteiger partial charge is 0.495 e. The summed E-state index contributed by atoms with van der Waals surface area (Å²) in [5.41, 5.74) is 3.06. The molecule has 2 rings (SSSR count). The summed E-state index contributed by atoms with van der Waals surface area (Å²) >= 11 is 6.12. The summed E-state index contributed by atoms with van der Waals surface area (Å²) in [4.78, 5) is 37.4. The fraction of sp³-hybridized carbons (Fsp3) is 0.208. The Labute approximate surface area is 187 Å². The third-order valence-corrected chi connectivity index (χ3v) is 4.67. The number of amides is 1. The Balaban J connectivity index is 2.28. The molecule has 2 aromatic carbocycles. The average molecular weight is 441 g/mol. The Morgan fingerprint density at radius 2 is 1.81 bits per heavy atom. The van der Waals surface area contributed by atoms with Crippen LogP contribution >= 0.6 is 11.6 Å². The number of anilines is 1. The molecule has 1 N–H and O–H groups in total. The van der Waals surface area contributed by atoms with Gasteiger partial charge in [-0.2, -0.15) is 0 Å². The zero-order valence-electron chi connectivity index (χ0n) is 17.9. The van der Waals surface area contributed by atoms with E-state index < -0.39 is 0 Å². The van der Waals surface area contributed by atoms with Gasteiger partial charge in [0.05, 0.1) is 13.7 Å². The highest BCUT2D eigenvalue weighted by Gasteiger charge is 2.17. The number of likely N-dealkylation sites (N-methyl/N-ethyl adjacent to an activating group) is 1. The standard InChI is InChI=1S/C24H25ClN2O4/c1-16-5-8-19(9-6-16)26-24(30)15-27(3)14-23(31-4)21(11-12-28)22-13-18(25)7-10-20(22)17(2)29/h5-14H,15H2,1-4H3,(H,26,30)/b21-11-,23-14+. The zero-order chi connectivity index (χ0) is 23.0. The molecule has 7 heteroatoms. The van der Waals surface area contributed by atoms with Crippen molar-refractivity contribution in [1.82, 2.24) is 4.90 Å². The van der Waals surface area contributed by atoms with Crippen LogP contribution in [0.1, 0.15) is 28.4 Å². The van der Waals surface area contributed by atoms with Crippen LogP contribution in [-0.2, 0) is 14.3 Å². The molecule has 6 nitrogen and oxygen atoms in total. The first-order valence-electron chi connectivity index (χ1n) is 9.54. The highest BCUT2D eigenvalue weighted by molar-refractivity contribution is 6.31. The van der Waals surface area contributed by atoms with Crippen molar-refractivity contribution in [2.24, 2.45) is 0 Å². The SMILES string of the molecule is COC(=C/N(C)CC(=O)Nc1ccc(C)cc1)/C(=C\C=O)c1cc(Cl)ccc1C(C)=O. The van der Waals surface area contributed by atoms with Crippen LogP contribution in [0.2, 0.25) is 5.02 Å². The molecule has 0 unspecified atom stereocenters. The number of ether oxygens (including phenoxy) is 1. The molecule has 0 aliphatic carbocycles. The molecule has 0 bridgehead atoms. The van der Waals surface area contributed by atoms with Gasteiger partial charge >= 0.3 is 0 Å². The number of carbonyl (C=O) groups is 3. The van der Waals surface area contributed by atoms with Crippen molar-refractivity contribution in [2.45, 2.75) is 13.8 Å². The number of rotatable bonds is 9. The molecule has 0 saturated heterocycles. The van der Waals surface area contributed by atoms with Crippen LogP contribution in [0, 0.1) is 6.92 Å². The number of nitrogens with one attached hydrogen (secondary N) is 1. The Kier molecular flexibility index (Phi) is 8.58. The molecular weight excluding hydrogens is 416 g/mol. The van der Waals surface area contributed by atoms with Gasteiger partial charge in [0.1, 0.15) is 12.0 Å². The van der Waals surface area contributed by atoms with E-state index in [-0.39, 0.29) is 18.2 Å². The minimum absolute atomic E-state index is 0.0459. The number of ketones is 1. The lowest BCUT2D eigenvalue weighted by atomic mass is 9.96. The number of hydrogen-bond acceptors (Lipinski definition) is 5. The first kappa shape index (κ1) is 23.9. The van der Waals surface area contributed by atoms with E-state index in [4.69, 9.17) is 16.3 Å². The van der Waals surface area contributed by atoms with Crippen LogP contribution in [0.25, 0.3) is 5.57 Å². The number of benzene rings is 2. The van der Waals surface area contributed by atoms with Crippen molar-refractivity contribution >= 4 is 40.8 Å². The second-order valence-electron chi connectivity index (χ2n) is 6.99. The lowest BCUT2D eigenvalue weighted by Crippen LogP contribution is -2.27. The maximum atomic E-state index is 12.4. The van der Waals surface area contributed by atoms with Gasteiger partial charge in [-0.1, -0.05) is 29.3 Å². The molecule has 31 heavy (non-hydrogen) atoms. The predicted molar refractivity (Wildman–Crippen MR) is 123 cm³/mol. The number of methoxy groups -OCH3 is 1. The van der Waals surface area contributed by atoms with Gasteiger partial charge in [0.15, 0.2) is 5.78 Å². The van der Waals surface area contributed by atoms with Crippen molar-refractivity contribution in [1.29, 1.82) is 0 Å². The molecule has 0 spiro atoms. The van der Waals surface area contributed by atoms with Crippen molar-refractivity contribution in [3.05, 3.63) is 82.2 Å². The van der Waals surface area contributed by atoms with E-state index in [0.29, 0.717) is 39.5 Å². The van der Waals surface area contributed by atoms with Crippen LogP contribution in [0.15, 0.2) is 60.5 Å². The van der Waals surface area contributed by atoms with Crippen molar-refractivity contribution < 1.29 is 19.1 Å². The lowest BCUT2D eigenvalue weighted by molar-refractivity contribution is -0.116. The minimum atomic E-state index is -0.217. The Hall–Kier alpha value is -3.38. The van der Waals surface area contributed by atoms with Gasteiger partial charge in [-0.05, 0) is 55.8 Å². The maximum absolute atomic E-state index is 12.4. The summed E-state index contributed by atoms with van der Waals surface area (Å²) < 4.78 is 5.48. The predicted octanol–water partition coefficient (Wildman–Crippen LogP) is 4.49. The third kappa shape index (κ3) is 6.83. The number of allylic oxidation sites excluding steroid dienone is 2. The van der Waals surface area contributed by atoms with Gasteiger partial charge in [0.2, 0.25) is 5.91 Å². The molecule has 2 aromatic rings. The van der Waals surface area contributed by atoms with Crippen LogP contribution in [0.4, 0.5) is 5.69 Å². The number of aryl methyl sites for hydroxylation is 1. The summed E-state index contributed by atoms with van der Waals surface area (Å²) in [6.45, 7) is 3.45. The first-order chi connectivity index (χ1) is 14.7. The van der Waals surface area contributed by atoms with Gasteiger partial charge in [0, 0.05) is 35.1 Å². The van der Waals surface area contributed by atoms with Crippen LogP contribution in [0.3, 0.4) is 0 Å². The molecule has 0 saturated carbocycles. The number of halogens is 1. The molecule has 0 atom stereocenters. The normalized spacial score (nSPS) is 11.6. The van der Waals surface area contributed by atoms with Crippen LogP contribution < -0.4 is 5.32 Å². The molecule has 1 amide bonds. The van der Waals surface area contributed by atoms with E-state index >= 15 is 0 Å². The molecular formula is C24H25ClN2O4. The van der Waals surface area contributed by atoms with Gasteiger partial charge < -0.3 is 15.0 Å². The fourth-order valence-corrected chi connectivity index (χ4v) is 3.13. The fourth-order valence-electron chi connectivity index (χ4n) is 2.96. The Morgan fingerprint density at radius 1 is 1.13 bits per heavy atom. The summed E-state index contributed by atoms with van der Waals surface area (Å²) in [6, 6.07) is 12.3. The van der Waals surface area contributed by atoms with E-state index in [1.807, 2.05) is 31.2 Å². The minimum Gasteiger partial charge on any atom is -0.495 e. The number of hydrogen-bond donors (Lipinski definition) is 1. The zero-order valence-corrected chi connectivity index (χ0v) is 18.7. The van der Waals surface area contributed by atoms with Crippen molar-refractivity contribution in [3.63, 3.8) is 0 Å². The molecule has 162 valence electrons. The first-order valence-corrected chi connectivity index (χ1v) is 9.92. The van der Waals surface area contributed by atoms with Crippen molar-refractivity contribution in [3.8, 4) is 0 Å². The molecule has 0 radical (unpaired) electrons. The van der Waals surface area contributed by atoms with Gasteiger partial charge in [-0.3, -0.25) is 14.4 Å². The molecule has 0 aromatic heterocycles. The quantitative estimate of drug-likeness (QED) is 0.204. The summed E-state index contributed by atoms with van der Waals surface area (Å²) in [5.74, 6) is -0.0848. The van der Waals surface area contributed by atoms with Crippen molar-refractivity contribution in [2.75, 3.05) is 26.0 Å². The number of carbonyl (C=O) groups excluding carboxylic acids is 3. The molecule has 0 aliphatic heterocycles. The number of aldehydes is 1. The smallest absolute Gasteiger partial charge is 0.243 e. The second-order valence-corrected chi connectivity index (χ2v) is 7.43. The van der Waals surface area contributed by atoms with Gasteiger partial charge in [0.25, 0.3) is 0 Å². The number of Topliss-reactive ketones (excluding diaryl/α,β-unsaturated/α-hetero) is 1. The topological polar surface area (TPSA) is 75.7 Å². The molecule has 0 aliphatic rings. The van der Waals surface area contributed by atoms with E-state index in [1.165, 1.54) is 20.1 Å². The maximum Gasteiger partial charge on any atom is 0.243 e. The van der Waals surface area contributed by atoms with Gasteiger partial charge in [-0.15, -0.1) is 0 Å². The second kappa shape index (κ2) is 11.1. The van der Waals surface area contributed by atoms with Crippen LogP contribution in [0.5, 0.6) is 0 Å². The highest BCUT2D eigenvalue weighted by atomic mass is 35.5. The van der Waals surface area contributed by atoms with E-state index in [9.17, 15) is 14.4 Å². The van der Waals surface area contributed by atoms with E-state index in [0.717, 1.165) is 5.56 Å². The monoisotopic (exact) mass is 440 g/mol. The lowest BCUT2D eigenvalue weighted by Gasteiger charge is -2.19. The van der Waals surface area contributed by atoms with E-state index in [1.54, 1.807) is 36.3 Å². The molecule has 0 heterocycles. The Bertz CT molecular complexity index is 1030. The summed E-state index contributed by atoms with van der Waals surface area (Å²) in [6.07, 6.45) is 3.50. The summed E-state index contributed by atoms with van der Waals surface area (Å²) in [5, 5.41) is 3.24.